The molecule has 0 aromatic rings. The van der Waals surface area contributed by atoms with Crippen LogP contribution in [0.25, 0.3) is 0 Å². The highest BCUT2D eigenvalue weighted by atomic mass is 16.5. The van der Waals surface area contributed by atoms with Crippen molar-refractivity contribution >= 4 is 5.78 Å². The summed E-state index contributed by atoms with van der Waals surface area (Å²) in [4.78, 5) is 12.0. The van der Waals surface area contributed by atoms with Gasteiger partial charge in [-0.05, 0) is 26.3 Å². The van der Waals surface area contributed by atoms with Gasteiger partial charge in [0, 0.05) is 25.2 Å². The molecule has 104 valence electrons. The Balaban J connectivity index is 3.21. The Morgan fingerprint density at radius 1 is 1.42 bits per heavy atom. The number of allylic oxidation sites excluding steroid dienone is 4. The van der Waals surface area contributed by atoms with E-state index in [-0.39, 0.29) is 5.78 Å². The fourth-order valence-corrected chi connectivity index (χ4v) is 2.06. The lowest BCUT2D eigenvalue weighted by atomic mass is 9.85. The molecule has 0 radical (unpaired) electrons. The summed E-state index contributed by atoms with van der Waals surface area (Å²) >= 11 is 0. The fraction of sp³-hybridized carbons (Fsp3) is 0.438. The Bertz CT molecular complexity index is 451. The van der Waals surface area contributed by atoms with Crippen molar-refractivity contribution in [2.75, 3.05) is 14.2 Å². The Labute approximate surface area is 115 Å². The van der Waals surface area contributed by atoms with Crippen LogP contribution in [0.4, 0.5) is 0 Å². The third kappa shape index (κ3) is 3.44. The molecule has 0 N–H and O–H groups in total. The maximum Gasteiger partial charge on any atom is 0.185 e. The molecule has 1 aliphatic rings. The molecule has 0 fully saturated rings. The molecular formula is C16H22O3. The van der Waals surface area contributed by atoms with Gasteiger partial charge in [-0.1, -0.05) is 17.7 Å². The van der Waals surface area contributed by atoms with E-state index in [0.717, 1.165) is 0 Å². The molecule has 3 heteroatoms. The van der Waals surface area contributed by atoms with E-state index in [1.165, 1.54) is 11.6 Å². The van der Waals surface area contributed by atoms with Crippen molar-refractivity contribution in [1.82, 2.24) is 0 Å². The first-order valence-electron chi connectivity index (χ1n) is 6.30. The normalized spacial score (nSPS) is 22.4. The van der Waals surface area contributed by atoms with Crippen molar-refractivity contribution in [3.05, 3.63) is 47.8 Å². The van der Waals surface area contributed by atoms with Gasteiger partial charge < -0.3 is 9.47 Å². The molecule has 0 amide bonds. The van der Waals surface area contributed by atoms with Gasteiger partial charge >= 0.3 is 0 Å². The first-order chi connectivity index (χ1) is 8.99. The second-order valence-corrected chi connectivity index (χ2v) is 4.82. The van der Waals surface area contributed by atoms with Crippen LogP contribution in [0.2, 0.25) is 0 Å². The van der Waals surface area contributed by atoms with Gasteiger partial charge in [0.1, 0.15) is 11.4 Å². The number of rotatable bonds is 6. The van der Waals surface area contributed by atoms with Crippen LogP contribution < -0.4 is 0 Å². The largest absolute Gasteiger partial charge is 0.498 e. The maximum absolute atomic E-state index is 12.0. The molecule has 0 saturated carbocycles. The minimum Gasteiger partial charge on any atom is -0.498 e. The SMILES string of the molecule is C=CCC1=C[C@](CC=C(C)C)(OC)C(OC)=CC1=O. The molecule has 0 aromatic carbocycles. The van der Waals surface area contributed by atoms with Gasteiger partial charge in [0.05, 0.1) is 7.11 Å². The molecule has 1 atom stereocenters. The highest BCUT2D eigenvalue weighted by molar-refractivity contribution is 6.06. The lowest BCUT2D eigenvalue weighted by Crippen LogP contribution is -2.36. The molecule has 0 heterocycles. The first-order valence-corrected chi connectivity index (χ1v) is 6.30. The third-order valence-corrected chi connectivity index (χ3v) is 3.17. The topological polar surface area (TPSA) is 35.5 Å². The zero-order chi connectivity index (χ0) is 14.5. The van der Waals surface area contributed by atoms with Crippen molar-refractivity contribution in [1.29, 1.82) is 0 Å². The van der Waals surface area contributed by atoms with Crippen LogP contribution in [-0.4, -0.2) is 25.6 Å². The van der Waals surface area contributed by atoms with Gasteiger partial charge in [-0.2, -0.15) is 0 Å². The quantitative estimate of drug-likeness (QED) is 0.689. The Kier molecular flexibility index (Phi) is 5.31. The van der Waals surface area contributed by atoms with Gasteiger partial charge in [0.15, 0.2) is 5.78 Å². The molecule has 0 saturated heterocycles. The van der Waals surface area contributed by atoms with Crippen LogP contribution in [0.1, 0.15) is 26.7 Å². The van der Waals surface area contributed by atoms with Crippen LogP contribution in [0.15, 0.2) is 47.8 Å². The summed E-state index contributed by atoms with van der Waals surface area (Å²) in [5.74, 6) is 0.506. The van der Waals surface area contributed by atoms with E-state index in [2.05, 4.69) is 12.7 Å². The summed E-state index contributed by atoms with van der Waals surface area (Å²) in [6.07, 6.45) is 8.34. The standard InChI is InChI=1S/C16H22O3/c1-6-7-13-11-16(19-5,9-8-12(2)3)15(18-4)10-14(13)17/h6,8,10-11H,1,7,9H2,2-5H3/t16-/m0/s1. The van der Waals surface area contributed by atoms with Crippen molar-refractivity contribution in [2.24, 2.45) is 0 Å². The maximum atomic E-state index is 12.0. The summed E-state index contributed by atoms with van der Waals surface area (Å²) in [7, 11) is 3.19. The van der Waals surface area contributed by atoms with Crippen LogP contribution in [0, 0.1) is 0 Å². The van der Waals surface area contributed by atoms with E-state index in [9.17, 15) is 4.79 Å². The molecular weight excluding hydrogens is 240 g/mol. The minimum atomic E-state index is -0.696. The number of carbonyl (C=O) groups is 1. The average Bonchev–Trinajstić information content (AvgIpc) is 2.39. The Morgan fingerprint density at radius 3 is 2.58 bits per heavy atom. The lowest BCUT2D eigenvalue weighted by molar-refractivity contribution is -0.112. The highest BCUT2D eigenvalue weighted by Gasteiger charge is 2.37. The number of methoxy groups -OCH3 is 2. The van der Waals surface area contributed by atoms with E-state index in [4.69, 9.17) is 9.47 Å². The number of hydrogen-bond acceptors (Lipinski definition) is 3. The van der Waals surface area contributed by atoms with Crippen molar-refractivity contribution in [3.63, 3.8) is 0 Å². The summed E-state index contributed by atoms with van der Waals surface area (Å²) in [6, 6.07) is 0. The van der Waals surface area contributed by atoms with Gasteiger partial charge in [0.25, 0.3) is 0 Å². The van der Waals surface area contributed by atoms with Crippen molar-refractivity contribution in [2.45, 2.75) is 32.3 Å². The number of carbonyl (C=O) groups excluding carboxylic acids is 1. The van der Waals surface area contributed by atoms with Crippen molar-refractivity contribution in [3.8, 4) is 0 Å². The molecule has 19 heavy (non-hydrogen) atoms. The predicted molar refractivity (Wildman–Crippen MR) is 76.8 cm³/mol. The Morgan fingerprint density at radius 2 is 2.11 bits per heavy atom. The smallest absolute Gasteiger partial charge is 0.185 e. The summed E-state index contributed by atoms with van der Waals surface area (Å²) in [6.45, 7) is 7.74. The number of ether oxygens (including phenoxy) is 2. The van der Waals surface area contributed by atoms with Crippen LogP contribution in [0.3, 0.4) is 0 Å². The molecule has 3 nitrogen and oxygen atoms in total. The molecule has 0 spiro atoms. The third-order valence-electron chi connectivity index (χ3n) is 3.17. The van der Waals surface area contributed by atoms with E-state index in [0.29, 0.717) is 24.2 Å². The molecule has 0 bridgehead atoms. The second kappa shape index (κ2) is 6.53. The summed E-state index contributed by atoms with van der Waals surface area (Å²) in [5.41, 5.74) is 1.19. The van der Waals surface area contributed by atoms with Crippen LogP contribution >= 0.6 is 0 Å². The van der Waals surface area contributed by atoms with Crippen LogP contribution in [0.5, 0.6) is 0 Å². The molecule has 1 rings (SSSR count). The number of hydrogen-bond donors (Lipinski definition) is 0. The fourth-order valence-electron chi connectivity index (χ4n) is 2.06. The minimum absolute atomic E-state index is 0.0402. The lowest BCUT2D eigenvalue weighted by Gasteiger charge is -2.33. The molecule has 0 aliphatic heterocycles. The van der Waals surface area contributed by atoms with Gasteiger partial charge in [-0.25, -0.2) is 0 Å². The predicted octanol–water partition coefficient (Wildman–Crippen LogP) is 3.34. The summed E-state index contributed by atoms with van der Waals surface area (Å²) in [5, 5.41) is 0. The monoisotopic (exact) mass is 262 g/mol. The first kappa shape index (κ1) is 15.4. The zero-order valence-electron chi connectivity index (χ0n) is 12.2. The Hall–Kier alpha value is -1.61. The van der Waals surface area contributed by atoms with E-state index in [1.807, 2.05) is 19.9 Å². The van der Waals surface area contributed by atoms with Gasteiger partial charge in [-0.15, -0.1) is 6.58 Å². The second-order valence-electron chi connectivity index (χ2n) is 4.82. The summed E-state index contributed by atoms with van der Waals surface area (Å²) < 4.78 is 11.0. The average molecular weight is 262 g/mol. The van der Waals surface area contributed by atoms with Crippen LogP contribution in [-0.2, 0) is 14.3 Å². The van der Waals surface area contributed by atoms with E-state index >= 15 is 0 Å². The van der Waals surface area contributed by atoms with E-state index < -0.39 is 5.60 Å². The van der Waals surface area contributed by atoms with Crippen molar-refractivity contribution < 1.29 is 14.3 Å². The van der Waals surface area contributed by atoms with Gasteiger partial charge in [0.2, 0.25) is 0 Å². The number of ketones is 1. The highest BCUT2D eigenvalue weighted by Crippen LogP contribution is 2.34. The molecule has 1 aliphatic carbocycles. The zero-order valence-corrected chi connectivity index (χ0v) is 12.2. The molecule has 0 aromatic heterocycles. The molecule has 0 unspecified atom stereocenters. The van der Waals surface area contributed by atoms with Gasteiger partial charge in [-0.3, -0.25) is 4.79 Å². The van der Waals surface area contributed by atoms with E-state index in [1.54, 1.807) is 20.3 Å².